The molecule has 2 N–H and O–H groups in total. The first-order valence-electron chi connectivity index (χ1n) is 6.04. The van der Waals surface area contributed by atoms with Crippen LogP contribution in [0.25, 0.3) is 0 Å². The van der Waals surface area contributed by atoms with Crippen molar-refractivity contribution in [1.82, 2.24) is 10.6 Å². The third-order valence-electron chi connectivity index (χ3n) is 2.60. The van der Waals surface area contributed by atoms with Crippen LogP contribution in [0.5, 0.6) is 0 Å². The molecular weight excluding hydrogens is 280 g/mol. The zero-order valence-electron chi connectivity index (χ0n) is 11.2. The molecule has 6 heteroatoms. The molecule has 0 spiro atoms. The first-order valence-corrected chi connectivity index (χ1v) is 6.42. The lowest BCUT2D eigenvalue weighted by Crippen LogP contribution is -2.41. The number of rotatable bonds is 6. The molecule has 2 amide bonds. The number of carbonyl (C=O) groups is 2. The predicted molar refractivity (Wildman–Crippen MR) is 77.4 cm³/mol. The molecule has 0 fully saturated rings. The van der Waals surface area contributed by atoms with E-state index in [0.717, 1.165) is 5.56 Å². The van der Waals surface area contributed by atoms with Crippen molar-refractivity contribution in [2.24, 2.45) is 0 Å². The summed E-state index contributed by atoms with van der Waals surface area (Å²) in [5, 5.41) is 5.43. The molecule has 108 valence electrons. The lowest BCUT2D eigenvalue weighted by atomic mass is 10.1. The summed E-state index contributed by atoms with van der Waals surface area (Å²) in [5.41, 5.74) is 0.753. The van der Waals surface area contributed by atoms with Gasteiger partial charge in [-0.15, -0.1) is 6.58 Å². The zero-order chi connectivity index (χ0) is 15.0. The maximum Gasteiger partial charge on any atom is 0.309 e. The number of nitrogens with one attached hydrogen (secondary N) is 2. The predicted octanol–water partition coefficient (Wildman–Crippen LogP) is 1.45. The largest absolute Gasteiger partial charge is 0.375 e. The second-order valence-corrected chi connectivity index (χ2v) is 4.36. The molecule has 1 unspecified atom stereocenters. The normalized spacial score (nSPS) is 11.5. The fourth-order valence-corrected chi connectivity index (χ4v) is 1.82. The van der Waals surface area contributed by atoms with Crippen molar-refractivity contribution in [2.75, 3.05) is 20.2 Å². The maximum absolute atomic E-state index is 11.5. The summed E-state index contributed by atoms with van der Waals surface area (Å²) >= 11 is 6.06. The van der Waals surface area contributed by atoms with Crippen molar-refractivity contribution in [2.45, 2.75) is 6.10 Å². The van der Waals surface area contributed by atoms with Crippen LogP contribution in [0, 0.1) is 0 Å². The lowest BCUT2D eigenvalue weighted by molar-refractivity contribution is -0.139. The van der Waals surface area contributed by atoms with Crippen molar-refractivity contribution >= 4 is 23.4 Å². The molecule has 0 aliphatic carbocycles. The van der Waals surface area contributed by atoms with Crippen LogP contribution < -0.4 is 10.6 Å². The quantitative estimate of drug-likeness (QED) is 0.617. The van der Waals surface area contributed by atoms with Crippen molar-refractivity contribution in [3.8, 4) is 0 Å². The average Bonchev–Trinajstić information content (AvgIpc) is 2.46. The van der Waals surface area contributed by atoms with Gasteiger partial charge in [-0.1, -0.05) is 35.9 Å². The van der Waals surface area contributed by atoms with Crippen molar-refractivity contribution in [3.63, 3.8) is 0 Å². The van der Waals surface area contributed by atoms with Gasteiger partial charge in [0.15, 0.2) is 0 Å². The van der Waals surface area contributed by atoms with E-state index >= 15 is 0 Å². The first-order chi connectivity index (χ1) is 9.60. The molecule has 1 rings (SSSR count). The second kappa shape index (κ2) is 8.35. The van der Waals surface area contributed by atoms with E-state index in [2.05, 4.69) is 17.2 Å². The average molecular weight is 297 g/mol. The van der Waals surface area contributed by atoms with Crippen LogP contribution in [-0.4, -0.2) is 32.0 Å². The third-order valence-corrected chi connectivity index (χ3v) is 2.94. The fourth-order valence-electron chi connectivity index (χ4n) is 1.57. The Morgan fingerprint density at radius 1 is 1.35 bits per heavy atom. The number of hydrogen-bond acceptors (Lipinski definition) is 3. The molecular formula is C14H17ClN2O3. The number of hydrogen-bond donors (Lipinski definition) is 2. The number of halogens is 1. The molecule has 0 aliphatic rings. The van der Waals surface area contributed by atoms with Gasteiger partial charge in [0.05, 0.1) is 0 Å². The van der Waals surface area contributed by atoms with Crippen LogP contribution >= 0.6 is 11.6 Å². The molecule has 1 atom stereocenters. The van der Waals surface area contributed by atoms with E-state index in [1.165, 1.54) is 13.2 Å². The summed E-state index contributed by atoms with van der Waals surface area (Å²) in [4.78, 5) is 22.9. The van der Waals surface area contributed by atoms with Gasteiger partial charge in [0.1, 0.15) is 6.10 Å². The monoisotopic (exact) mass is 296 g/mol. The van der Waals surface area contributed by atoms with Crippen molar-refractivity contribution < 1.29 is 14.3 Å². The summed E-state index contributed by atoms with van der Waals surface area (Å²) in [7, 11) is 1.51. The third kappa shape index (κ3) is 4.68. The van der Waals surface area contributed by atoms with Crippen LogP contribution in [0.3, 0.4) is 0 Å². The molecule has 0 saturated heterocycles. The number of benzene rings is 1. The standard InChI is InChI=1S/C14H17ClN2O3/c1-3-8-16-13(18)14(19)17-9-12(20-2)10-6-4-5-7-11(10)15/h3-7,12H,1,8-9H2,2H3,(H,16,18)(H,17,19). The fraction of sp³-hybridized carbons (Fsp3) is 0.286. The highest BCUT2D eigenvalue weighted by molar-refractivity contribution is 6.35. The summed E-state index contributed by atoms with van der Waals surface area (Å²) in [6.07, 6.45) is 1.08. The summed E-state index contributed by atoms with van der Waals surface area (Å²) in [6.45, 7) is 3.84. The van der Waals surface area contributed by atoms with Gasteiger partial charge in [-0.2, -0.15) is 0 Å². The Hall–Kier alpha value is -1.85. The van der Waals surface area contributed by atoms with Crippen LogP contribution in [-0.2, 0) is 14.3 Å². The Morgan fingerprint density at radius 2 is 2.00 bits per heavy atom. The zero-order valence-corrected chi connectivity index (χ0v) is 11.9. The van der Waals surface area contributed by atoms with Gasteiger partial charge in [-0.25, -0.2) is 0 Å². The van der Waals surface area contributed by atoms with Crippen LogP contribution in [0.4, 0.5) is 0 Å². The van der Waals surface area contributed by atoms with Gasteiger partial charge in [0.2, 0.25) is 0 Å². The van der Waals surface area contributed by atoms with E-state index in [1.807, 2.05) is 6.07 Å². The topological polar surface area (TPSA) is 67.4 Å². The Labute approximate surface area is 123 Å². The Morgan fingerprint density at radius 3 is 2.60 bits per heavy atom. The molecule has 0 radical (unpaired) electrons. The van der Waals surface area contributed by atoms with Crippen molar-refractivity contribution in [3.05, 3.63) is 47.5 Å². The highest BCUT2D eigenvalue weighted by Gasteiger charge is 2.17. The van der Waals surface area contributed by atoms with Crippen LogP contribution in [0.2, 0.25) is 5.02 Å². The van der Waals surface area contributed by atoms with Gasteiger partial charge in [0, 0.05) is 30.8 Å². The molecule has 0 bridgehead atoms. The SMILES string of the molecule is C=CCNC(=O)C(=O)NCC(OC)c1ccccc1Cl. The molecule has 1 aromatic carbocycles. The molecule has 0 aromatic heterocycles. The van der Waals surface area contributed by atoms with Gasteiger partial charge < -0.3 is 15.4 Å². The number of methoxy groups -OCH3 is 1. The van der Waals surface area contributed by atoms with Gasteiger partial charge in [-0.05, 0) is 6.07 Å². The van der Waals surface area contributed by atoms with Crippen LogP contribution in [0.15, 0.2) is 36.9 Å². The first kappa shape index (κ1) is 16.2. The van der Waals surface area contributed by atoms with E-state index in [0.29, 0.717) is 5.02 Å². The Kier molecular flexibility index (Phi) is 6.76. The minimum atomic E-state index is -0.721. The minimum Gasteiger partial charge on any atom is -0.375 e. The van der Waals surface area contributed by atoms with E-state index in [9.17, 15) is 9.59 Å². The van der Waals surface area contributed by atoms with E-state index in [-0.39, 0.29) is 13.1 Å². The number of amides is 2. The molecule has 0 saturated carbocycles. The molecule has 20 heavy (non-hydrogen) atoms. The summed E-state index contributed by atoms with van der Waals surface area (Å²) < 4.78 is 5.28. The Balaban J connectivity index is 2.58. The van der Waals surface area contributed by atoms with Crippen LogP contribution in [0.1, 0.15) is 11.7 Å². The number of ether oxygens (including phenoxy) is 1. The second-order valence-electron chi connectivity index (χ2n) is 3.95. The van der Waals surface area contributed by atoms with Gasteiger partial charge in [0.25, 0.3) is 0 Å². The van der Waals surface area contributed by atoms with E-state index < -0.39 is 17.9 Å². The number of carbonyl (C=O) groups excluding carboxylic acids is 2. The summed E-state index contributed by atoms with van der Waals surface area (Å²) in [5.74, 6) is -1.43. The Bertz CT molecular complexity index is 491. The summed E-state index contributed by atoms with van der Waals surface area (Å²) in [6, 6.07) is 7.17. The lowest BCUT2D eigenvalue weighted by Gasteiger charge is -2.17. The highest BCUT2D eigenvalue weighted by atomic mass is 35.5. The minimum absolute atomic E-state index is 0.153. The van der Waals surface area contributed by atoms with Gasteiger partial charge >= 0.3 is 11.8 Å². The molecule has 1 aromatic rings. The molecule has 0 heterocycles. The van der Waals surface area contributed by atoms with E-state index in [4.69, 9.17) is 16.3 Å². The van der Waals surface area contributed by atoms with Gasteiger partial charge in [-0.3, -0.25) is 9.59 Å². The maximum atomic E-state index is 11.5. The highest BCUT2D eigenvalue weighted by Crippen LogP contribution is 2.24. The molecule has 0 aliphatic heterocycles. The van der Waals surface area contributed by atoms with Crippen molar-refractivity contribution in [1.29, 1.82) is 0 Å². The smallest absolute Gasteiger partial charge is 0.309 e. The molecule has 5 nitrogen and oxygen atoms in total. The van der Waals surface area contributed by atoms with E-state index in [1.54, 1.807) is 18.2 Å².